The van der Waals surface area contributed by atoms with Crippen molar-refractivity contribution in [3.05, 3.63) is 77.7 Å². The Morgan fingerprint density at radius 2 is 1.67 bits per heavy atom. The lowest BCUT2D eigenvalue weighted by atomic mass is 10.1. The molecule has 1 heterocycles. The molecule has 0 fully saturated rings. The van der Waals surface area contributed by atoms with Gasteiger partial charge in [0.15, 0.2) is 5.76 Å². The fourth-order valence-corrected chi connectivity index (χ4v) is 3.52. The van der Waals surface area contributed by atoms with Crippen LogP contribution in [0.2, 0.25) is 0 Å². The summed E-state index contributed by atoms with van der Waals surface area (Å²) >= 11 is 0. The van der Waals surface area contributed by atoms with E-state index in [1.165, 1.54) is 37.5 Å². The first-order valence-electron chi connectivity index (χ1n) is 9.72. The van der Waals surface area contributed by atoms with Gasteiger partial charge in [-0.2, -0.15) is 0 Å². The highest BCUT2D eigenvalue weighted by Gasteiger charge is 2.16. The normalized spacial score (nSPS) is 10.8. The minimum absolute atomic E-state index is 0.0361. The van der Waals surface area contributed by atoms with Crippen LogP contribution < -0.4 is 20.7 Å². The molecule has 0 atom stereocenters. The standard InChI is InChI=1S/C22H22N4O6S/c1-14(27)24-17-8-9-19(26-33(2,30)31)18(12-17)21(28)23-13-15-5-3-6-16(11-15)25-22(29)20-7-4-10-32-20/h3-12,26H,13H2,1-2H3,(H,23,28)(H,24,27)(H,25,29). The fraction of sp³-hybridized carbons (Fsp3) is 0.136. The quantitative estimate of drug-likeness (QED) is 0.398. The molecule has 3 amide bonds. The van der Waals surface area contributed by atoms with Gasteiger partial charge >= 0.3 is 0 Å². The van der Waals surface area contributed by atoms with Gasteiger partial charge in [-0.25, -0.2) is 8.42 Å². The maximum absolute atomic E-state index is 12.8. The minimum atomic E-state index is -3.64. The van der Waals surface area contributed by atoms with Crippen molar-refractivity contribution in [1.29, 1.82) is 0 Å². The molecule has 10 nitrogen and oxygen atoms in total. The first-order valence-corrected chi connectivity index (χ1v) is 11.6. The van der Waals surface area contributed by atoms with E-state index in [1.54, 1.807) is 30.3 Å². The maximum Gasteiger partial charge on any atom is 0.291 e. The number of rotatable bonds is 8. The van der Waals surface area contributed by atoms with Gasteiger partial charge in [0.05, 0.1) is 23.8 Å². The van der Waals surface area contributed by atoms with Crippen molar-refractivity contribution in [2.45, 2.75) is 13.5 Å². The lowest BCUT2D eigenvalue weighted by Crippen LogP contribution is -2.25. The van der Waals surface area contributed by atoms with E-state index in [9.17, 15) is 22.8 Å². The highest BCUT2D eigenvalue weighted by atomic mass is 32.2. The molecule has 0 aliphatic rings. The van der Waals surface area contributed by atoms with Gasteiger partial charge in [0.2, 0.25) is 15.9 Å². The Morgan fingerprint density at radius 3 is 2.33 bits per heavy atom. The molecular formula is C22H22N4O6S. The third-order valence-electron chi connectivity index (χ3n) is 4.26. The van der Waals surface area contributed by atoms with Gasteiger partial charge in [0.1, 0.15) is 0 Å². The lowest BCUT2D eigenvalue weighted by molar-refractivity contribution is -0.114. The van der Waals surface area contributed by atoms with Crippen molar-refractivity contribution in [3.63, 3.8) is 0 Å². The second-order valence-electron chi connectivity index (χ2n) is 7.13. The molecule has 172 valence electrons. The number of carbonyl (C=O) groups is 3. The summed E-state index contributed by atoms with van der Waals surface area (Å²) in [5, 5.41) is 7.97. The number of carbonyl (C=O) groups excluding carboxylic acids is 3. The zero-order valence-corrected chi connectivity index (χ0v) is 18.7. The SMILES string of the molecule is CC(=O)Nc1ccc(NS(C)(=O)=O)c(C(=O)NCc2cccc(NC(=O)c3ccco3)c2)c1. The van der Waals surface area contributed by atoms with Gasteiger partial charge in [-0.3, -0.25) is 19.1 Å². The fourth-order valence-electron chi connectivity index (χ4n) is 2.94. The summed E-state index contributed by atoms with van der Waals surface area (Å²) in [4.78, 5) is 36.3. The lowest BCUT2D eigenvalue weighted by Gasteiger charge is -2.14. The second kappa shape index (κ2) is 10.0. The van der Waals surface area contributed by atoms with E-state index in [2.05, 4.69) is 20.7 Å². The first-order chi connectivity index (χ1) is 15.6. The molecule has 0 bridgehead atoms. The van der Waals surface area contributed by atoms with Crippen LogP contribution in [-0.2, 0) is 21.4 Å². The molecule has 0 unspecified atom stereocenters. The van der Waals surface area contributed by atoms with Crippen LogP contribution in [0.3, 0.4) is 0 Å². The van der Waals surface area contributed by atoms with Crippen molar-refractivity contribution in [3.8, 4) is 0 Å². The third kappa shape index (κ3) is 6.94. The smallest absolute Gasteiger partial charge is 0.291 e. The summed E-state index contributed by atoms with van der Waals surface area (Å²) in [7, 11) is -3.64. The first kappa shape index (κ1) is 23.5. The van der Waals surface area contributed by atoms with E-state index in [4.69, 9.17) is 4.42 Å². The summed E-state index contributed by atoms with van der Waals surface area (Å²) in [5.74, 6) is -1.14. The monoisotopic (exact) mass is 470 g/mol. The Balaban J connectivity index is 1.74. The van der Waals surface area contributed by atoms with E-state index in [1.807, 2.05) is 0 Å². The molecule has 2 aromatic carbocycles. The number of sulfonamides is 1. The molecule has 0 aliphatic carbocycles. The van der Waals surface area contributed by atoms with Crippen molar-refractivity contribution >= 4 is 44.8 Å². The van der Waals surface area contributed by atoms with Crippen LogP contribution >= 0.6 is 0 Å². The molecule has 3 rings (SSSR count). The molecule has 3 aromatic rings. The molecule has 0 aliphatic heterocycles. The van der Waals surface area contributed by atoms with Gasteiger partial charge in [0, 0.05) is 24.8 Å². The molecule has 11 heteroatoms. The average Bonchev–Trinajstić information content (AvgIpc) is 3.27. The van der Waals surface area contributed by atoms with Gasteiger partial charge < -0.3 is 20.4 Å². The Labute approximate surface area is 190 Å². The van der Waals surface area contributed by atoms with E-state index >= 15 is 0 Å². The highest BCUT2D eigenvalue weighted by molar-refractivity contribution is 7.92. The number of hydrogen-bond acceptors (Lipinski definition) is 6. The number of amides is 3. The van der Waals surface area contributed by atoms with Crippen LogP contribution in [0, 0.1) is 0 Å². The van der Waals surface area contributed by atoms with Gasteiger partial charge in [0.25, 0.3) is 11.8 Å². The number of hydrogen-bond donors (Lipinski definition) is 4. The van der Waals surface area contributed by atoms with Crippen LogP contribution in [0.1, 0.15) is 33.4 Å². The van der Waals surface area contributed by atoms with Crippen LogP contribution in [0.25, 0.3) is 0 Å². The predicted octanol–water partition coefficient (Wildman–Crippen LogP) is 2.79. The number of furan rings is 1. The van der Waals surface area contributed by atoms with Gasteiger partial charge in [-0.05, 0) is 48.0 Å². The summed E-state index contributed by atoms with van der Waals surface area (Å²) in [6.07, 6.45) is 2.37. The number of anilines is 3. The molecular weight excluding hydrogens is 448 g/mol. The highest BCUT2D eigenvalue weighted by Crippen LogP contribution is 2.22. The van der Waals surface area contributed by atoms with Crippen LogP contribution in [0.15, 0.2) is 65.3 Å². The third-order valence-corrected chi connectivity index (χ3v) is 4.85. The Kier molecular flexibility index (Phi) is 7.13. The molecule has 0 saturated heterocycles. The Bertz CT molecular complexity index is 1290. The zero-order valence-electron chi connectivity index (χ0n) is 17.8. The van der Waals surface area contributed by atoms with Crippen LogP contribution in [0.5, 0.6) is 0 Å². The Morgan fingerprint density at radius 1 is 0.909 bits per heavy atom. The molecule has 4 N–H and O–H groups in total. The molecule has 33 heavy (non-hydrogen) atoms. The summed E-state index contributed by atoms with van der Waals surface area (Å²) in [6.45, 7) is 1.42. The summed E-state index contributed by atoms with van der Waals surface area (Å²) < 4.78 is 30.7. The largest absolute Gasteiger partial charge is 0.459 e. The predicted molar refractivity (Wildman–Crippen MR) is 123 cm³/mol. The minimum Gasteiger partial charge on any atom is -0.459 e. The summed E-state index contributed by atoms with van der Waals surface area (Å²) in [6, 6.07) is 14.2. The average molecular weight is 471 g/mol. The van der Waals surface area contributed by atoms with Crippen molar-refractivity contribution in [1.82, 2.24) is 5.32 Å². The number of benzene rings is 2. The van der Waals surface area contributed by atoms with Crippen LogP contribution in [0.4, 0.5) is 17.1 Å². The van der Waals surface area contributed by atoms with E-state index < -0.39 is 21.8 Å². The topological polar surface area (TPSA) is 147 Å². The van der Waals surface area contributed by atoms with Crippen molar-refractivity contribution in [2.75, 3.05) is 21.6 Å². The van der Waals surface area contributed by atoms with Crippen molar-refractivity contribution in [2.24, 2.45) is 0 Å². The van der Waals surface area contributed by atoms with Crippen molar-refractivity contribution < 1.29 is 27.2 Å². The molecule has 0 spiro atoms. The van der Waals surface area contributed by atoms with Gasteiger partial charge in [-0.15, -0.1) is 0 Å². The Hall–Kier alpha value is -4.12. The second-order valence-corrected chi connectivity index (χ2v) is 8.88. The zero-order chi connectivity index (χ0) is 24.0. The van der Waals surface area contributed by atoms with E-state index in [0.29, 0.717) is 16.9 Å². The van der Waals surface area contributed by atoms with Crippen LogP contribution in [-0.4, -0.2) is 32.4 Å². The van der Waals surface area contributed by atoms with Gasteiger partial charge in [-0.1, -0.05) is 12.1 Å². The van der Waals surface area contributed by atoms with E-state index in [0.717, 1.165) is 6.26 Å². The molecule has 0 radical (unpaired) electrons. The van der Waals surface area contributed by atoms with E-state index in [-0.39, 0.29) is 29.5 Å². The number of nitrogens with one attached hydrogen (secondary N) is 4. The summed E-state index contributed by atoms with van der Waals surface area (Å²) in [5.41, 5.74) is 1.65. The maximum atomic E-state index is 12.8. The molecule has 0 saturated carbocycles. The molecule has 1 aromatic heterocycles.